The number of ketones is 1. The van der Waals surface area contributed by atoms with Crippen molar-refractivity contribution in [1.29, 1.82) is 0 Å². The van der Waals surface area contributed by atoms with Gasteiger partial charge < -0.3 is 9.47 Å². The van der Waals surface area contributed by atoms with Crippen LogP contribution in [0.3, 0.4) is 0 Å². The van der Waals surface area contributed by atoms with Crippen LogP contribution in [0, 0.1) is 11.3 Å². The Morgan fingerprint density at radius 2 is 2.00 bits per heavy atom. The van der Waals surface area contributed by atoms with E-state index in [1.807, 2.05) is 0 Å². The molecule has 0 aromatic heterocycles. The Balaban J connectivity index is 1.80. The molecular weight excluding hydrogens is 230 g/mol. The number of hydrogen-bond acceptors (Lipinski definition) is 4. The zero-order chi connectivity index (χ0) is 12.6. The molecule has 18 heavy (non-hydrogen) atoms. The molecule has 0 spiro atoms. The molecule has 0 unspecified atom stereocenters. The van der Waals surface area contributed by atoms with Gasteiger partial charge in [0, 0.05) is 19.0 Å². The summed E-state index contributed by atoms with van der Waals surface area (Å²) in [5, 5.41) is 0. The van der Waals surface area contributed by atoms with Crippen LogP contribution in [0.1, 0.15) is 26.7 Å². The van der Waals surface area contributed by atoms with Crippen molar-refractivity contribution >= 4 is 5.78 Å². The number of carbonyl (C=O) groups is 1. The van der Waals surface area contributed by atoms with Crippen molar-refractivity contribution in [2.75, 3.05) is 32.9 Å². The van der Waals surface area contributed by atoms with E-state index in [2.05, 4.69) is 18.7 Å². The lowest BCUT2D eigenvalue weighted by atomic mass is 9.72. The highest BCUT2D eigenvalue weighted by Crippen LogP contribution is 2.69. The molecule has 0 aromatic carbocycles. The second-order valence-corrected chi connectivity index (χ2v) is 6.67. The van der Waals surface area contributed by atoms with Crippen molar-refractivity contribution in [3.05, 3.63) is 0 Å². The first-order valence-electron chi connectivity index (χ1n) is 7.07. The summed E-state index contributed by atoms with van der Waals surface area (Å²) in [5.41, 5.74) is -0.803. The molecule has 2 aliphatic heterocycles. The van der Waals surface area contributed by atoms with Crippen LogP contribution in [0.25, 0.3) is 0 Å². The van der Waals surface area contributed by atoms with Crippen LogP contribution in [-0.4, -0.2) is 54.7 Å². The number of ether oxygens (including phenoxy) is 2. The molecule has 4 atom stereocenters. The minimum atomic E-state index is -0.328. The lowest BCUT2D eigenvalue weighted by molar-refractivity contribution is -0.163. The third-order valence-electron chi connectivity index (χ3n) is 6.33. The molecule has 100 valence electrons. The van der Waals surface area contributed by atoms with Gasteiger partial charge in [-0.3, -0.25) is 9.69 Å². The molecule has 2 aliphatic carbocycles. The first-order chi connectivity index (χ1) is 8.56. The summed E-state index contributed by atoms with van der Waals surface area (Å²) >= 11 is 0. The standard InChI is InChI=1S/C14H21NO3/c1-12-4-3-10-13(12,2)18-9-14(10,11(12)16)15-5-7-17-8-6-15/h10H,3-9H2,1-2H3/t10-,12+,13-,14+/m0/s1. The molecule has 0 radical (unpaired) electrons. The minimum absolute atomic E-state index is 0.220. The SMILES string of the molecule is C[C@@]12OC[C@]3(N4CCOCC4)C(=O)[C@@]1(C)CC[C@H]32. The maximum atomic E-state index is 13.0. The minimum Gasteiger partial charge on any atom is -0.379 e. The highest BCUT2D eigenvalue weighted by Gasteiger charge is 2.81. The molecular formula is C14H21NO3. The van der Waals surface area contributed by atoms with Gasteiger partial charge in [-0.15, -0.1) is 0 Å². The predicted molar refractivity (Wildman–Crippen MR) is 65.3 cm³/mol. The summed E-state index contributed by atoms with van der Waals surface area (Å²) in [6.07, 6.45) is 2.13. The third kappa shape index (κ3) is 0.928. The van der Waals surface area contributed by atoms with Crippen molar-refractivity contribution < 1.29 is 14.3 Å². The van der Waals surface area contributed by atoms with Crippen LogP contribution < -0.4 is 0 Å². The quantitative estimate of drug-likeness (QED) is 0.692. The van der Waals surface area contributed by atoms with E-state index in [0.717, 1.165) is 39.1 Å². The normalized spacial score (nSPS) is 55.4. The van der Waals surface area contributed by atoms with Gasteiger partial charge in [0.15, 0.2) is 5.78 Å². The monoisotopic (exact) mass is 251 g/mol. The Kier molecular flexibility index (Phi) is 2.00. The Morgan fingerprint density at radius 3 is 2.61 bits per heavy atom. The van der Waals surface area contributed by atoms with E-state index in [0.29, 0.717) is 18.3 Å². The van der Waals surface area contributed by atoms with Crippen molar-refractivity contribution in [2.24, 2.45) is 11.3 Å². The van der Waals surface area contributed by atoms with Crippen molar-refractivity contribution in [3.63, 3.8) is 0 Å². The number of Topliss-reactive ketones (excluding diaryl/α,β-unsaturated/α-hetero) is 1. The van der Waals surface area contributed by atoms with Gasteiger partial charge in [-0.2, -0.15) is 0 Å². The lowest BCUT2D eigenvalue weighted by Gasteiger charge is -2.47. The number of morpholine rings is 1. The van der Waals surface area contributed by atoms with Crippen LogP contribution >= 0.6 is 0 Å². The van der Waals surface area contributed by atoms with Crippen LogP contribution in [-0.2, 0) is 14.3 Å². The molecule has 4 heteroatoms. The van der Waals surface area contributed by atoms with Gasteiger partial charge in [-0.1, -0.05) is 0 Å². The maximum Gasteiger partial charge on any atom is 0.164 e. The zero-order valence-electron chi connectivity index (χ0n) is 11.2. The number of rotatable bonds is 1. The molecule has 4 nitrogen and oxygen atoms in total. The van der Waals surface area contributed by atoms with Crippen LogP contribution in [0.5, 0.6) is 0 Å². The topological polar surface area (TPSA) is 38.8 Å². The first-order valence-corrected chi connectivity index (χ1v) is 7.07. The molecule has 0 N–H and O–H groups in total. The molecule has 4 bridgehead atoms. The molecule has 2 saturated carbocycles. The van der Waals surface area contributed by atoms with Gasteiger partial charge in [0.25, 0.3) is 0 Å². The van der Waals surface area contributed by atoms with E-state index in [-0.39, 0.29) is 16.6 Å². The average molecular weight is 251 g/mol. The summed E-state index contributed by atoms with van der Waals surface area (Å²) in [6.45, 7) is 8.12. The molecule has 0 amide bonds. The molecule has 0 aromatic rings. The summed E-state index contributed by atoms with van der Waals surface area (Å²) < 4.78 is 11.6. The summed E-state index contributed by atoms with van der Waals surface area (Å²) in [5.74, 6) is 0.836. The van der Waals surface area contributed by atoms with Gasteiger partial charge in [0.1, 0.15) is 5.54 Å². The number of hydrogen-bond donors (Lipinski definition) is 0. The van der Waals surface area contributed by atoms with Gasteiger partial charge in [0.05, 0.1) is 30.8 Å². The zero-order valence-corrected chi connectivity index (χ0v) is 11.2. The summed E-state index contributed by atoms with van der Waals surface area (Å²) in [6, 6.07) is 0. The lowest BCUT2D eigenvalue weighted by Crippen LogP contribution is -2.64. The highest BCUT2D eigenvalue weighted by molar-refractivity contribution is 6.00. The Bertz CT molecular complexity index is 419. The van der Waals surface area contributed by atoms with E-state index in [4.69, 9.17) is 9.47 Å². The Hall–Kier alpha value is -0.450. The van der Waals surface area contributed by atoms with Gasteiger partial charge in [-0.05, 0) is 26.7 Å². The third-order valence-corrected chi connectivity index (χ3v) is 6.33. The van der Waals surface area contributed by atoms with Crippen LogP contribution in [0.15, 0.2) is 0 Å². The van der Waals surface area contributed by atoms with E-state index < -0.39 is 0 Å². The smallest absolute Gasteiger partial charge is 0.164 e. The average Bonchev–Trinajstić information content (AvgIpc) is 2.88. The highest BCUT2D eigenvalue weighted by atomic mass is 16.5. The summed E-state index contributed by atoms with van der Waals surface area (Å²) in [7, 11) is 0. The fraction of sp³-hybridized carbons (Fsp3) is 0.929. The first kappa shape index (κ1) is 11.4. The van der Waals surface area contributed by atoms with Crippen molar-refractivity contribution in [1.82, 2.24) is 4.90 Å². The molecule has 2 saturated heterocycles. The van der Waals surface area contributed by atoms with E-state index in [9.17, 15) is 4.79 Å². The van der Waals surface area contributed by atoms with Crippen molar-refractivity contribution in [3.8, 4) is 0 Å². The molecule has 2 heterocycles. The fourth-order valence-electron chi connectivity index (χ4n) is 5.11. The van der Waals surface area contributed by atoms with E-state index in [1.165, 1.54) is 0 Å². The fourth-order valence-corrected chi connectivity index (χ4v) is 5.11. The Labute approximate surface area is 108 Å². The van der Waals surface area contributed by atoms with Crippen molar-refractivity contribution in [2.45, 2.75) is 37.8 Å². The Morgan fingerprint density at radius 1 is 1.28 bits per heavy atom. The van der Waals surface area contributed by atoms with Crippen LogP contribution in [0.2, 0.25) is 0 Å². The van der Waals surface area contributed by atoms with Gasteiger partial charge in [-0.25, -0.2) is 0 Å². The van der Waals surface area contributed by atoms with Gasteiger partial charge in [0.2, 0.25) is 0 Å². The maximum absolute atomic E-state index is 13.0. The number of carbonyl (C=O) groups excluding carboxylic acids is 1. The van der Waals surface area contributed by atoms with E-state index >= 15 is 0 Å². The van der Waals surface area contributed by atoms with E-state index in [1.54, 1.807) is 0 Å². The molecule has 4 aliphatic rings. The molecule has 4 fully saturated rings. The second kappa shape index (κ2) is 3.17. The van der Waals surface area contributed by atoms with Gasteiger partial charge >= 0.3 is 0 Å². The summed E-state index contributed by atoms with van der Waals surface area (Å²) in [4.78, 5) is 15.4. The second-order valence-electron chi connectivity index (χ2n) is 6.67. The number of nitrogens with zero attached hydrogens (tertiary/aromatic N) is 1. The molecule has 4 rings (SSSR count). The van der Waals surface area contributed by atoms with Crippen LogP contribution in [0.4, 0.5) is 0 Å². The largest absolute Gasteiger partial charge is 0.379 e. The predicted octanol–water partition coefficient (Wildman–Crippen LogP) is 0.845.